The summed E-state index contributed by atoms with van der Waals surface area (Å²) in [6, 6.07) is 11.8. The first-order valence-electron chi connectivity index (χ1n) is 6.17. The maximum Gasteiger partial charge on any atom is 0.0595 e. The van der Waals surface area contributed by atoms with E-state index in [1.165, 1.54) is 5.56 Å². The van der Waals surface area contributed by atoms with Gasteiger partial charge in [-0.15, -0.1) is 0 Å². The predicted octanol–water partition coefficient (Wildman–Crippen LogP) is 4.81. The van der Waals surface area contributed by atoms with Gasteiger partial charge in [-0.05, 0) is 42.7 Å². The summed E-state index contributed by atoms with van der Waals surface area (Å²) < 4.78 is 1.03. The second-order valence-corrected chi connectivity index (χ2v) is 6.37. The third-order valence-corrected chi connectivity index (χ3v) is 4.61. The van der Waals surface area contributed by atoms with Crippen molar-refractivity contribution < 1.29 is 0 Å². The van der Waals surface area contributed by atoms with Crippen molar-refractivity contribution >= 4 is 39.1 Å². The molecule has 0 bridgehead atoms. The lowest BCUT2D eigenvalue weighted by Gasteiger charge is -2.19. The fourth-order valence-corrected chi connectivity index (χ4v) is 2.93. The summed E-state index contributed by atoms with van der Waals surface area (Å²) in [4.78, 5) is 0. The van der Waals surface area contributed by atoms with Gasteiger partial charge in [-0.1, -0.05) is 62.9 Å². The number of aryl methyl sites for hydroxylation is 1. The van der Waals surface area contributed by atoms with Gasteiger partial charge in [0.05, 0.1) is 16.1 Å². The Labute approximate surface area is 137 Å². The van der Waals surface area contributed by atoms with Crippen LogP contribution in [-0.4, -0.2) is 0 Å². The highest BCUT2D eigenvalue weighted by Crippen LogP contribution is 2.29. The summed E-state index contributed by atoms with van der Waals surface area (Å²) in [6.45, 7) is 2.06. The van der Waals surface area contributed by atoms with Crippen LogP contribution in [0.15, 0.2) is 40.9 Å². The van der Waals surface area contributed by atoms with Gasteiger partial charge in [0, 0.05) is 4.47 Å². The van der Waals surface area contributed by atoms with E-state index >= 15 is 0 Å². The molecule has 2 rings (SSSR count). The summed E-state index contributed by atoms with van der Waals surface area (Å²) in [5.41, 5.74) is 6.26. The summed E-state index contributed by atoms with van der Waals surface area (Å²) >= 11 is 15.6. The fraction of sp³-hybridized carbons (Fsp3) is 0.200. The van der Waals surface area contributed by atoms with E-state index in [4.69, 9.17) is 29.0 Å². The molecule has 0 fully saturated rings. The van der Waals surface area contributed by atoms with E-state index in [0.717, 1.165) is 22.0 Å². The Balaban J connectivity index is 2.28. The summed E-state index contributed by atoms with van der Waals surface area (Å²) in [6.07, 6.45) is 0.732. The van der Waals surface area contributed by atoms with Crippen LogP contribution in [0.25, 0.3) is 0 Å². The molecule has 2 aromatic rings. The van der Waals surface area contributed by atoms with Crippen LogP contribution < -0.4 is 11.3 Å². The third kappa shape index (κ3) is 3.74. The molecular weight excluding hydrogens is 359 g/mol. The largest absolute Gasteiger partial charge is 0.271 e. The molecule has 0 saturated carbocycles. The fourth-order valence-electron chi connectivity index (χ4n) is 2.09. The minimum absolute atomic E-state index is 0.00140. The van der Waals surface area contributed by atoms with Crippen molar-refractivity contribution in [3.63, 3.8) is 0 Å². The molecule has 3 N–H and O–H groups in total. The van der Waals surface area contributed by atoms with Crippen LogP contribution in [0.2, 0.25) is 10.0 Å². The van der Waals surface area contributed by atoms with Crippen LogP contribution in [0, 0.1) is 6.92 Å². The van der Waals surface area contributed by atoms with Crippen LogP contribution in [0.3, 0.4) is 0 Å². The minimum Gasteiger partial charge on any atom is -0.271 e. The lowest BCUT2D eigenvalue weighted by molar-refractivity contribution is 0.549. The Morgan fingerprint density at radius 2 is 1.90 bits per heavy atom. The Morgan fingerprint density at radius 3 is 2.55 bits per heavy atom. The number of rotatable bonds is 4. The van der Waals surface area contributed by atoms with Crippen molar-refractivity contribution in [2.24, 2.45) is 5.84 Å². The molecule has 0 amide bonds. The second kappa shape index (κ2) is 6.92. The molecular formula is C15H15BrCl2N2. The molecule has 0 radical (unpaired) electrons. The number of nitrogens with one attached hydrogen (secondary N) is 1. The van der Waals surface area contributed by atoms with Crippen molar-refractivity contribution in [3.05, 3.63) is 67.6 Å². The Morgan fingerprint density at radius 1 is 1.15 bits per heavy atom. The van der Waals surface area contributed by atoms with Gasteiger partial charge in [0.1, 0.15) is 0 Å². The average Bonchev–Trinajstić information content (AvgIpc) is 2.43. The number of benzene rings is 2. The van der Waals surface area contributed by atoms with Gasteiger partial charge < -0.3 is 0 Å². The van der Waals surface area contributed by atoms with Gasteiger partial charge in [-0.25, -0.2) is 0 Å². The molecule has 0 aliphatic rings. The van der Waals surface area contributed by atoms with Crippen LogP contribution >= 0.6 is 39.1 Å². The smallest absolute Gasteiger partial charge is 0.0595 e. The Kier molecular flexibility index (Phi) is 5.47. The first kappa shape index (κ1) is 15.8. The first-order chi connectivity index (χ1) is 9.51. The van der Waals surface area contributed by atoms with Gasteiger partial charge in [-0.3, -0.25) is 11.3 Å². The highest BCUT2D eigenvalue weighted by Gasteiger charge is 2.14. The lowest BCUT2D eigenvalue weighted by atomic mass is 9.98. The number of hydrogen-bond donors (Lipinski definition) is 2. The van der Waals surface area contributed by atoms with Crippen molar-refractivity contribution in [2.75, 3.05) is 0 Å². The zero-order valence-electron chi connectivity index (χ0n) is 11.0. The molecule has 0 heterocycles. The Hall–Kier alpha value is -0.580. The lowest BCUT2D eigenvalue weighted by Crippen LogP contribution is -2.30. The van der Waals surface area contributed by atoms with Gasteiger partial charge >= 0.3 is 0 Å². The molecule has 1 unspecified atom stereocenters. The van der Waals surface area contributed by atoms with E-state index in [-0.39, 0.29) is 6.04 Å². The van der Waals surface area contributed by atoms with E-state index in [2.05, 4.69) is 40.4 Å². The van der Waals surface area contributed by atoms with Crippen LogP contribution in [0.4, 0.5) is 0 Å². The third-order valence-electron chi connectivity index (χ3n) is 3.15. The SMILES string of the molecule is Cc1ccc(Br)c(C(Cc2ccc(Cl)c(Cl)c2)NN)c1. The highest BCUT2D eigenvalue weighted by atomic mass is 79.9. The molecule has 0 aliphatic heterocycles. The average molecular weight is 374 g/mol. The molecule has 1 atom stereocenters. The maximum absolute atomic E-state index is 6.05. The van der Waals surface area contributed by atoms with Crippen molar-refractivity contribution in [3.8, 4) is 0 Å². The second-order valence-electron chi connectivity index (χ2n) is 4.70. The monoisotopic (exact) mass is 372 g/mol. The number of hydrogen-bond acceptors (Lipinski definition) is 2. The van der Waals surface area contributed by atoms with Gasteiger partial charge in [-0.2, -0.15) is 0 Å². The summed E-state index contributed by atoms with van der Waals surface area (Å²) in [7, 11) is 0. The number of halogens is 3. The number of hydrazine groups is 1. The molecule has 0 spiro atoms. The first-order valence-corrected chi connectivity index (χ1v) is 7.72. The van der Waals surface area contributed by atoms with E-state index in [9.17, 15) is 0 Å². The van der Waals surface area contributed by atoms with Crippen LogP contribution in [0.1, 0.15) is 22.7 Å². The molecule has 106 valence electrons. The molecule has 0 saturated heterocycles. The molecule has 2 nitrogen and oxygen atoms in total. The van der Waals surface area contributed by atoms with E-state index in [1.54, 1.807) is 6.07 Å². The molecule has 0 aromatic heterocycles. The van der Waals surface area contributed by atoms with Crippen molar-refractivity contribution in [1.29, 1.82) is 0 Å². The van der Waals surface area contributed by atoms with Gasteiger partial charge in [0.25, 0.3) is 0 Å². The molecule has 0 aliphatic carbocycles. The highest BCUT2D eigenvalue weighted by molar-refractivity contribution is 9.10. The zero-order valence-corrected chi connectivity index (χ0v) is 14.1. The predicted molar refractivity (Wildman–Crippen MR) is 89.1 cm³/mol. The Bertz CT molecular complexity index is 617. The minimum atomic E-state index is 0.00140. The number of nitrogens with two attached hydrogens (primary N) is 1. The van der Waals surface area contributed by atoms with E-state index in [0.29, 0.717) is 10.0 Å². The topological polar surface area (TPSA) is 38.0 Å². The van der Waals surface area contributed by atoms with Crippen molar-refractivity contribution in [2.45, 2.75) is 19.4 Å². The zero-order chi connectivity index (χ0) is 14.7. The normalized spacial score (nSPS) is 12.4. The summed E-state index contributed by atoms with van der Waals surface area (Å²) in [5, 5.41) is 1.12. The van der Waals surface area contributed by atoms with E-state index < -0.39 is 0 Å². The van der Waals surface area contributed by atoms with E-state index in [1.807, 2.05) is 18.2 Å². The maximum atomic E-state index is 6.05. The molecule has 2 aromatic carbocycles. The van der Waals surface area contributed by atoms with Gasteiger partial charge in [0.2, 0.25) is 0 Å². The molecule has 5 heteroatoms. The van der Waals surface area contributed by atoms with Crippen LogP contribution in [-0.2, 0) is 6.42 Å². The van der Waals surface area contributed by atoms with Crippen molar-refractivity contribution in [1.82, 2.24) is 5.43 Å². The quantitative estimate of drug-likeness (QED) is 0.596. The van der Waals surface area contributed by atoms with Crippen LogP contribution in [0.5, 0.6) is 0 Å². The summed E-state index contributed by atoms with van der Waals surface area (Å²) in [5.74, 6) is 5.71. The van der Waals surface area contributed by atoms with Gasteiger partial charge in [0.15, 0.2) is 0 Å². The molecule has 20 heavy (non-hydrogen) atoms. The standard InChI is InChI=1S/C15H15BrCl2N2/c1-9-2-4-12(16)11(6-9)15(20-19)8-10-3-5-13(17)14(18)7-10/h2-7,15,20H,8,19H2,1H3.